The Balaban J connectivity index is 1.81. The molecule has 1 aliphatic heterocycles. The third kappa shape index (κ3) is 3.02. The number of aromatic amines is 1. The van der Waals surface area contributed by atoms with Gasteiger partial charge in [-0.2, -0.15) is 5.10 Å². The maximum absolute atomic E-state index is 12.6. The molecule has 7 nitrogen and oxygen atoms in total. The summed E-state index contributed by atoms with van der Waals surface area (Å²) in [6.45, 7) is 4.80. The van der Waals surface area contributed by atoms with Gasteiger partial charge in [0.15, 0.2) is 9.84 Å². The molecule has 1 amide bonds. The molecule has 0 saturated carbocycles. The zero-order valence-corrected chi connectivity index (χ0v) is 14.8. The van der Waals surface area contributed by atoms with Crippen molar-refractivity contribution < 1.29 is 13.2 Å². The lowest BCUT2D eigenvalue weighted by Gasteiger charge is -2.15. The summed E-state index contributed by atoms with van der Waals surface area (Å²) in [5, 5.41) is 7.53. The summed E-state index contributed by atoms with van der Waals surface area (Å²) in [5.74, 6) is -0.0727. The van der Waals surface area contributed by atoms with E-state index in [1.54, 1.807) is 4.90 Å². The van der Waals surface area contributed by atoms with Crippen LogP contribution in [0.25, 0.3) is 0 Å². The molecule has 1 atom stereocenters. The minimum Gasteiger partial charge on any atom is -0.337 e. The van der Waals surface area contributed by atoms with Crippen molar-refractivity contribution in [2.45, 2.75) is 31.1 Å². The molecule has 1 saturated heterocycles. The molecule has 0 aliphatic carbocycles. The Kier molecular flexibility index (Phi) is 4.01. The van der Waals surface area contributed by atoms with Gasteiger partial charge in [-0.15, -0.1) is 11.3 Å². The van der Waals surface area contributed by atoms with Gasteiger partial charge in [0, 0.05) is 25.3 Å². The number of thiazole rings is 1. The van der Waals surface area contributed by atoms with E-state index in [0.29, 0.717) is 30.1 Å². The highest BCUT2D eigenvalue weighted by Gasteiger charge is 2.33. The molecule has 1 fully saturated rings. The molecule has 0 radical (unpaired) electrons. The zero-order valence-electron chi connectivity index (χ0n) is 13.2. The zero-order chi connectivity index (χ0) is 16.8. The van der Waals surface area contributed by atoms with Crippen LogP contribution < -0.4 is 0 Å². The van der Waals surface area contributed by atoms with Gasteiger partial charge in [-0.1, -0.05) is 0 Å². The number of aromatic nitrogens is 3. The Morgan fingerprint density at radius 3 is 2.78 bits per heavy atom. The van der Waals surface area contributed by atoms with Crippen molar-refractivity contribution in [1.82, 2.24) is 20.1 Å². The third-order valence-corrected chi connectivity index (χ3v) is 6.20. The average molecular weight is 354 g/mol. The molecular formula is C14H18N4O3S2. The summed E-state index contributed by atoms with van der Waals surface area (Å²) in [5.41, 5.74) is 1.35. The normalized spacial score (nSPS) is 18.6. The van der Waals surface area contributed by atoms with Crippen LogP contribution in [0.2, 0.25) is 0 Å². The highest BCUT2D eigenvalue weighted by molar-refractivity contribution is 7.90. The molecule has 23 heavy (non-hydrogen) atoms. The van der Waals surface area contributed by atoms with Gasteiger partial charge in [0.25, 0.3) is 5.91 Å². The maximum atomic E-state index is 12.6. The fraction of sp³-hybridized carbons (Fsp3) is 0.500. The number of nitrogens with zero attached hydrogens (tertiary/aromatic N) is 3. The van der Waals surface area contributed by atoms with Crippen LogP contribution in [-0.4, -0.2) is 53.8 Å². The Morgan fingerprint density at radius 2 is 2.17 bits per heavy atom. The minimum absolute atomic E-state index is 0.0315. The van der Waals surface area contributed by atoms with E-state index in [9.17, 15) is 13.2 Å². The van der Waals surface area contributed by atoms with E-state index in [4.69, 9.17) is 0 Å². The van der Waals surface area contributed by atoms with Crippen LogP contribution >= 0.6 is 11.3 Å². The Hall–Kier alpha value is -1.74. The number of carbonyl (C=O) groups excluding carboxylic acids is 1. The predicted octanol–water partition coefficient (Wildman–Crippen LogP) is 1.52. The first-order valence-electron chi connectivity index (χ1n) is 7.24. The third-order valence-electron chi connectivity index (χ3n) is 4.01. The summed E-state index contributed by atoms with van der Waals surface area (Å²) >= 11 is 1.40. The van der Waals surface area contributed by atoms with E-state index in [-0.39, 0.29) is 16.7 Å². The van der Waals surface area contributed by atoms with E-state index in [2.05, 4.69) is 15.2 Å². The number of nitrogens with one attached hydrogen (secondary N) is 1. The van der Waals surface area contributed by atoms with Gasteiger partial charge in [-0.25, -0.2) is 13.4 Å². The van der Waals surface area contributed by atoms with Crippen molar-refractivity contribution in [1.29, 1.82) is 0 Å². The average Bonchev–Trinajstić information content (AvgIpc) is 3.14. The van der Waals surface area contributed by atoms with Crippen molar-refractivity contribution in [2.24, 2.45) is 0 Å². The van der Waals surface area contributed by atoms with Crippen LogP contribution in [0.5, 0.6) is 0 Å². The van der Waals surface area contributed by atoms with Crippen LogP contribution in [0.3, 0.4) is 0 Å². The smallest absolute Gasteiger partial charge is 0.265 e. The summed E-state index contributed by atoms with van der Waals surface area (Å²) < 4.78 is 23.6. The molecule has 2 aromatic rings. The van der Waals surface area contributed by atoms with E-state index in [0.717, 1.165) is 10.7 Å². The van der Waals surface area contributed by atoms with Crippen molar-refractivity contribution in [3.8, 4) is 0 Å². The van der Waals surface area contributed by atoms with Gasteiger partial charge in [0.1, 0.15) is 9.77 Å². The van der Waals surface area contributed by atoms with E-state index in [1.807, 2.05) is 13.8 Å². The fourth-order valence-corrected chi connectivity index (χ4v) is 4.67. The lowest BCUT2D eigenvalue weighted by molar-refractivity contribution is 0.0794. The molecule has 0 unspecified atom stereocenters. The second-order valence-corrected chi connectivity index (χ2v) is 8.99. The van der Waals surface area contributed by atoms with Crippen molar-refractivity contribution in [2.75, 3.05) is 19.3 Å². The molecule has 3 heterocycles. The van der Waals surface area contributed by atoms with Gasteiger partial charge in [-0.3, -0.25) is 9.89 Å². The second-order valence-electron chi connectivity index (χ2n) is 5.80. The van der Waals surface area contributed by atoms with E-state index in [1.165, 1.54) is 23.8 Å². The summed E-state index contributed by atoms with van der Waals surface area (Å²) in [6, 6.07) is 0. The number of carbonyl (C=O) groups is 1. The molecule has 9 heteroatoms. The standard InChI is InChI=1S/C14H18N4O3S2/c1-8-13(22-9(2)16-8)14(19)18-5-4-10(7-18)12-11(6-15-17-12)23(3,20)21/h6,10H,4-5,7H2,1-3H3,(H,15,17)/t10-/m0/s1. The minimum atomic E-state index is -3.33. The number of likely N-dealkylation sites (tertiary alicyclic amines) is 1. The predicted molar refractivity (Wildman–Crippen MR) is 86.5 cm³/mol. The first-order valence-corrected chi connectivity index (χ1v) is 9.94. The number of aryl methyl sites for hydroxylation is 2. The van der Waals surface area contributed by atoms with E-state index >= 15 is 0 Å². The Bertz CT molecular complexity index is 853. The monoisotopic (exact) mass is 354 g/mol. The maximum Gasteiger partial charge on any atom is 0.265 e. The van der Waals surface area contributed by atoms with Crippen LogP contribution in [0, 0.1) is 13.8 Å². The molecule has 3 rings (SSSR count). The lowest BCUT2D eigenvalue weighted by Crippen LogP contribution is -2.28. The second kappa shape index (κ2) is 5.72. The topological polar surface area (TPSA) is 96.0 Å². The van der Waals surface area contributed by atoms with Gasteiger partial charge < -0.3 is 4.90 Å². The highest BCUT2D eigenvalue weighted by Crippen LogP contribution is 2.31. The number of hydrogen-bond acceptors (Lipinski definition) is 6. The number of hydrogen-bond donors (Lipinski definition) is 1. The Labute approximate surface area is 138 Å². The van der Waals surface area contributed by atoms with Gasteiger partial charge in [0.2, 0.25) is 0 Å². The molecule has 2 aromatic heterocycles. The van der Waals surface area contributed by atoms with Crippen molar-refractivity contribution in [3.63, 3.8) is 0 Å². The molecule has 124 valence electrons. The number of sulfone groups is 1. The lowest BCUT2D eigenvalue weighted by atomic mass is 10.1. The summed E-state index contributed by atoms with van der Waals surface area (Å²) in [4.78, 5) is 19.6. The van der Waals surface area contributed by atoms with Crippen LogP contribution in [0.15, 0.2) is 11.1 Å². The molecular weight excluding hydrogens is 336 g/mol. The molecule has 0 spiro atoms. The van der Waals surface area contributed by atoms with Crippen LogP contribution in [0.1, 0.15) is 38.4 Å². The molecule has 0 aromatic carbocycles. The molecule has 1 N–H and O–H groups in total. The van der Waals surface area contributed by atoms with Crippen molar-refractivity contribution in [3.05, 3.63) is 27.5 Å². The van der Waals surface area contributed by atoms with E-state index < -0.39 is 9.84 Å². The SMILES string of the molecule is Cc1nc(C)c(C(=O)N2CC[C@H](c3[nH]ncc3S(C)(=O)=O)C2)s1. The summed E-state index contributed by atoms with van der Waals surface area (Å²) in [7, 11) is -3.33. The first-order chi connectivity index (χ1) is 10.8. The number of rotatable bonds is 3. The molecule has 0 bridgehead atoms. The summed E-state index contributed by atoms with van der Waals surface area (Å²) in [6.07, 6.45) is 3.22. The first kappa shape index (κ1) is 16.1. The fourth-order valence-electron chi connectivity index (χ4n) is 2.93. The van der Waals surface area contributed by atoms with Crippen molar-refractivity contribution >= 4 is 27.1 Å². The van der Waals surface area contributed by atoms with Crippen LogP contribution in [0.4, 0.5) is 0 Å². The van der Waals surface area contributed by atoms with Gasteiger partial charge in [0.05, 0.1) is 22.6 Å². The largest absolute Gasteiger partial charge is 0.337 e. The number of H-pyrrole nitrogens is 1. The quantitative estimate of drug-likeness (QED) is 0.901. The molecule has 1 aliphatic rings. The van der Waals surface area contributed by atoms with Gasteiger partial charge in [-0.05, 0) is 20.3 Å². The number of amides is 1. The van der Waals surface area contributed by atoms with Gasteiger partial charge >= 0.3 is 0 Å². The Morgan fingerprint density at radius 1 is 1.43 bits per heavy atom. The highest BCUT2D eigenvalue weighted by atomic mass is 32.2. The van der Waals surface area contributed by atoms with Crippen LogP contribution in [-0.2, 0) is 9.84 Å².